The standard InChI is InChI=1S/C17H24N2O2/c1-11(2)6-9-15(20)18-12-7-8-14-13(10-12)19-16(21-14)17(3,4)5/h7-8,10-11H,6,9H2,1-5H3,(H,18,20). The van der Waals surface area contributed by atoms with Crippen molar-refractivity contribution in [2.75, 3.05) is 5.32 Å². The number of aromatic nitrogens is 1. The molecule has 0 saturated heterocycles. The highest BCUT2D eigenvalue weighted by atomic mass is 16.3. The van der Waals surface area contributed by atoms with Crippen molar-refractivity contribution in [3.05, 3.63) is 24.1 Å². The van der Waals surface area contributed by atoms with Crippen LogP contribution in [-0.4, -0.2) is 10.9 Å². The van der Waals surface area contributed by atoms with Crippen molar-refractivity contribution in [3.8, 4) is 0 Å². The van der Waals surface area contributed by atoms with E-state index in [9.17, 15) is 4.79 Å². The van der Waals surface area contributed by atoms with Crippen molar-refractivity contribution in [1.82, 2.24) is 4.98 Å². The zero-order chi connectivity index (χ0) is 15.6. The third-order valence-electron chi connectivity index (χ3n) is 3.26. The van der Waals surface area contributed by atoms with E-state index in [1.54, 1.807) is 0 Å². The molecule has 0 unspecified atom stereocenters. The average Bonchev–Trinajstić information content (AvgIpc) is 2.79. The summed E-state index contributed by atoms with van der Waals surface area (Å²) in [7, 11) is 0. The summed E-state index contributed by atoms with van der Waals surface area (Å²) in [5, 5.41) is 2.92. The van der Waals surface area contributed by atoms with Gasteiger partial charge in [-0.1, -0.05) is 34.6 Å². The second-order valence-electron chi connectivity index (χ2n) is 6.93. The van der Waals surface area contributed by atoms with Crippen molar-refractivity contribution in [1.29, 1.82) is 0 Å². The summed E-state index contributed by atoms with van der Waals surface area (Å²) in [6.45, 7) is 10.4. The topological polar surface area (TPSA) is 55.1 Å². The van der Waals surface area contributed by atoms with E-state index in [4.69, 9.17) is 4.42 Å². The molecular weight excluding hydrogens is 264 g/mol. The van der Waals surface area contributed by atoms with Crippen molar-refractivity contribution in [2.24, 2.45) is 5.92 Å². The van der Waals surface area contributed by atoms with E-state index in [0.717, 1.165) is 23.2 Å². The normalized spacial score (nSPS) is 12.1. The zero-order valence-corrected chi connectivity index (χ0v) is 13.5. The van der Waals surface area contributed by atoms with Gasteiger partial charge < -0.3 is 9.73 Å². The maximum atomic E-state index is 11.9. The molecule has 2 aromatic rings. The summed E-state index contributed by atoms with van der Waals surface area (Å²) in [5.41, 5.74) is 2.17. The maximum absolute atomic E-state index is 11.9. The molecule has 0 spiro atoms. The molecule has 1 aromatic heterocycles. The number of anilines is 1. The van der Waals surface area contributed by atoms with E-state index in [2.05, 4.69) is 44.9 Å². The monoisotopic (exact) mass is 288 g/mol. The van der Waals surface area contributed by atoms with Gasteiger partial charge in [0.25, 0.3) is 0 Å². The maximum Gasteiger partial charge on any atom is 0.224 e. The highest BCUT2D eigenvalue weighted by Crippen LogP contribution is 2.27. The fourth-order valence-corrected chi connectivity index (χ4v) is 1.97. The van der Waals surface area contributed by atoms with Crippen LogP contribution in [0.2, 0.25) is 0 Å². The van der Waals surface area contributed by atoms with Crippen LogP contribution < -0.4 is 5.32 Å². The fourth-order valence-electron chi connectivity index (χ4n) is 1.97. The summed E-state index contributed by atoms with van der Waals surface area (Å²) in [6, 6.07) is 5.57. The Morgan fingerprint density at radius 3 is 2.67 bits per heavy atom. The van der Waals surface area contributed by atoms with Crippen molar-refractivity contribution in [2.45, 2.75) is 52.9 Å². The van der Waals surface area contributed by atoms with Gasteiger partial charge in [0, 0.05) is 17.5 Å². The minimum Gasteiger partial charge on any atom is -0.440 e. The summed E-state index contributed by atoms with van der Waals surface area (Å²) in [6.07, 6.45) is 1.44. The Bertz CT molecular complexity index is 636. The molecule has 0 aliphatic heterocycles. The Kier molecular flexibility index (Phi) is 4.35. The smallest absolute Gasteiger partial charge is 0.224 e. The minimum absolute atomic E-state index is 0.0441. The Morgan fingerprint density at radius 2 is 2.05 bits per heavy atom. The molecule has 1 amide bonds. The van der Waals surface area contributed by atoms with E-state index >= 15 is 0 Å². The molecule has 2 rings (SSSR count). The Labute approximate surface area is 125 Å². The van der Waals surface area contributed by atoms with Gasteiger partial charge in [-0.3, -0.25) is 4.79 Å². The van der Waals surface area contributed by atoms with Gasteiger partial charge in [0.1, 0.15) is 5.52 Å². The van der Waals surface area contributed by atoms with Gasteiger partial charge >= 0.3 is 0 Å². The largest absolute Gasteiger partial charge is 0.440 e. The fraction of sp³-hybridized carbons (Fsp3) is 0.529. The summed E-state index contributed by atoms with van der Waals surface area (Å²) in [4.78, 5) is 16.4. The van der Waals surface area contributed by atoms with Gasteiger partial charge in [-0.05, 0) is 30.5 Å². The van der Waals surface area contributed by atoms with Gasteiger partial charge in [0.05, 0.1) is 0 Å². The molecule has 4 nitrogen and oxygen atoms in total. The molecule has 1 aromatic carbocycles. The van der Waals surface area contributed by atoms with E-state index < -0.39 is 0 Å². The highest BCUT2D eigenvalue weighted by Gasteiger charge is 2.21. The van der Waals surface area contributed by atoms with Crippen LogP contribution in [0.5, 0.6) is 0 Å². The second kappa shape index (κ2) is 5.88. The Balaban J connectivity index is 2.13. The first-order chi connectivity index (χ1) is 9.75. The van der Waals surface area contributed by atoms with Crippen molar-refractivity contribution in [3.63, 3.8) is 0 Å². The average molecular weight is 288 g/mol. The molecule has 0 radical (unpaired) electrons. The molecule has 0 bridgehead atoms. The molecule has 0 aliphatic carbocycles. The SMILES string of the molecule is CC(C)CCC(=O)Nc1ccc2oc(C(C)(C)C)nc2c1. The number of carbonyl (C=O) groups is 1. The lowest BCUT2D eigenvalue weighted by Crippen LogP contribution is -2.12. The van der Waals surface area contributed by atoms with Gasteiger partial charge in [0.15, 0.2) is 5.58 Å². The number of fused-ring (bicyclic) bond motifs is 1. The molecular formula is C17H24N2O2. The van der Waals surface area contributed by atoms with E-state index in [1.165, 1.54) is 0 Å². The van der Waals surface area contributed by atoms with E-state index in [-0.39, 0.29) is 11.3 Å². The first-order valence-electron chi connectivity index (χ1n) is 7.46. The molecule has 0 aliphatic rings. The summed E-state index contributed by atoms with van der Waals surface area (Å²) in [5.74, 6) is 1.28. The number of hydrogen-bond donors (Lipinski definition) is 1. The molecule has 1 N–H and O–H groups in total. The van der Waals surface area contributed by atoms with Crippen LogP contribution in [0, 0.1) is 5.92 Å². The lowest BCUT2D eigenvalue weighted by molar-refractivity contribution is -0.116. The predicted molar refractivity (Wildman–Crippen MR) is 85.4 cm³/mol. The van der Waals surface area contributed by atoms with Crippen LogP contribution in [-0.2, 0) is 10.2 Å². The Hall–Kier alpha value is -1.84. The van der Waals surface area contributed by atoms with Gasteiger partial charge in [-0.25, -0.2) is 4.98 Å². The van der Waals surface area contributed by atoms with E-state index in [1.807, 2.05) is 18.2 Å². The molecule has 0 atom stereocenters. The highest BCUT2D eigenvalue weighted by molar-refractivity contribution is 5.92. The number of carbonyl (C=O) groups excluding carboxylic acids is 1. The third-order valence-corrected chi connectivity index (χ3v) is 3.26. The first-order valence-corrected chi connectivity index (χ1v) is 7.46. The van der Waals surface area contributed by atoms with Crippen LogP contribution >= 0.6 is 0 Å². The Morgan fingerprint density at radius 1 is 1.33 bits per heavy atom. The number of benzene rings is 1. The minimum atomic E-state index is -0.125. The number of nitrogens with zero attached hydrogens (tertiary/aromatic N) is 1. The van der Waals surface area contributed by atoms with Crippen LogP contribution in [0.15, 0.2) is 22.6 Å². The van der Waals surface area contributed by atoms with Crippen LogP contribution in [0.3, 0.4) is 0 Å². The van der Waals surface area contributed by atoms with Gasteiger partial charge in [0.2, 0.25) is 11.8 Å². The number of oxazole rings is 1. The molecule has 0 saturated carbocycles. The quantitative estimate of drug-likeness (QED) is 0.901. The van der Waals surface area contributed by atoms with Gasteiger partial charge in [-0.15, -0.1) is 0 Å². The molecule has 114 valence electrons. The van der Waals surface area contributed by atoms with Crippen LogP contribution in [0.25, 0.3) is 11.1 Å². The lowest BCUT2D eigenvalue weighted by Gasteiger charge is -2.11. The zero-order valence-electron chi connectivity index (χ0n) is 13.5. The van der Waals surface area contributed by atoms with Crippen LogP contribution in [0.1, 0.15) is 53.4 Å². The lowest BCUT2D eigenvalue weighted by atomic mass is 9.97. The van der Waals surface area contributed by atoms with Crippen LogP contribution in [0.4, 0.5) is 5.69 Å². The van der Waals surface area contributed by atoms with E-state index in [0.29, 0.717) is 18.2 Å². The first kappa shape index (κ1) is 15.5. The summed E-state index contributed by atoms with van der Waals surface area (Å²) < 4.78 is 5.75. The molecule has 1 heterocycles. The summed E-state index contributed by atoms with van der Waals surface area (Å²) >= 11 is 0. The molecule has 0 fully saturated rings. The predicted octanol–water partition coefficient (Wildman–Crippen LogP) is 4.50. The van der Waals surface area contributed by atoms with Crippen molar-refractivity contribution >= 4 is 22.7 Å². The number of rotatable bonds is 4. The third kappa shape index (κ3) is 4.06. The number of nitrogens with one attached hydrogen (secondary N) is 1. The van der Waals surface area contributed by atoms with Crippen molar-refractivity contribution < 1.29 is 9.21 Å². The molecule has 21 heavy (non-hydrogen) atoms. The molecule has 4 heteroatoms. The number of hydrogen-bond acceptors (Lipinski definition) is 3. The number of amides is 1. The second-order valence-corrected chi connectivity index (χ2v) is 6.93. The van der Waals surface area contributed by atoms with Gasteiger partial charge in [-0.2, -0.15) is 0 Å².